The van der Waals surface area contributed by atoms with Gasteiger partial charge in [-0.3, -0.25) is 0 Å². The molecular weight excluding hydrogens is 197 g/mol. The molecule has 5 heteroatoms. The Kier molecular flexibility index (Phi) is 2.91. The first-order chi connectivity index (χ1) is 6.50. The van der Waals surface area contributed by atoms with Gasteiger partial charge >= 0.3 is 5.97 Å². The minimum Gasteiger partial charge on any atom is -0.478 e. The van der Waals surface area contributed by atoms with Crippen LogP contribution in [0, 0.1) is 17.5 Å². The van der Waals surface area contributed by atoms with Crippen LogP contribution in [0.3, 0.4) is 0 Å². The predicted octanol–water partition coefficient (Wildman–Crippen LogP) is 2.20. The molecule has 0 fully saturated rings. The summed E-state index contributed by atoms with van der Waals surface area (Å²) in [6.07, 6.45) is 1.38. The molecule has 0 spiro atoms. The van der Waals surface area contributed by atoms with E-state index in [1.165, 1.54) is 0 Å². The Bertz CT molecular complexity index is 399. The molecule has 0 heterocycles. The lowest BCUT2D eigenvalue weighted by molar-refractivity contribution is -0.131. The third-order valence-corrected chi connectivity index (χ3v) is 1.43. The highest BCUT2D eigenvalue weighted by molar-refractivity contribution is 5.85. The average Bonchev–Trinajstić information content (AvgIpc) is 2.08. The molecular formula is C9H5F3O2. The van der Waals surface area contributed by atoms with Crippen LogP contribution in [0.15, 0.2) is 18.2 Å². The fourth-order valence-electron chi connectivity index (χ4n) is 0.858. The van der Waals surface area contributed by atoms with E-state index in [0.717, 1.165) is 6.08 Å². The molecule has 0 aliphatic rings. The topological polar surface area (TPSA) is 37.3 Å². The van der Waals surface area contributed by atoms with Crippen molar-refractivity contribution in [2.75, 3.05) is 0 Å². The van der Waals surface area contributed by atoms with Gasteiger partial charge in [0.25, 0.3) is 0 Å². The van der Waals surface area contributed by atoms with E-state index in [4.69, 9.17) is 5.11 Å². The van der Waals surface area contributed by atoms with E-state index in [2.05, 4.69) is 0 Å². The van der Waals surface area contributed by atoms with E-state index in [0.29, 0.717) is 18.2 Å². The zero-order chi connectivity index (χ0) is 10.7. The highest BCUT2D eigenvalue weighted by Gasteiger charge is 2.08. The maximum Gasteiger partial charge on any atom is 0.328 e. The Balaban J connectivity index is 3.14. The summed E-state index contributed by atoms with van der Waals surface area (Å²) in [7, 11) is 0. The summed E-state index contributed by atoms with van der Waals surface area (Å²) in [5, 5.41) is 8.21. The van der Waals surface area contributed by atoms with Gasteiger partial charge in [0.1, 0.15) is 5.82 Å². The monoisotopic (exact) mass is 202 g/mol. The summed E-state index contributed by atoms with van der Waals surface area (Å²) in [6, 6.07) is 1.09. The minimum atomic E-state index is -1.35. The van der Waals surface area contributed by atoms with Crippen LogP contribution in [0.1, 0.15) is 5.56 Å². The van der Waals surface area contributed by atoms with Crippen LogP contribution in [-0.2, 0) is 4.79 Å². The number of hydrogen-bond acceptors (Lipinski definition) is 1. The predicted molar refractivity (Wildman–Crippen MR) is 43.0 cm³/mol. The number of hydrogen-bond donors (Lipinski definition) is 1. The van der Waals surface area contributed by atoms with E-state index >= 15 is 0 Å². The minimum absolute atomic E-state index is 0.382. The zero-order valence-electron chi connectivity index (χ0n) is 6.80. The van der Waals surface area contributed by atoms with Crippen molar-refractivity contribution in [2.24, 2.45) is 0 Å². The van der Waals surface area contributed by atoms with Crippen LogP contribution in [-0.4, -0.2) is 11.1 Å². The van der Waals surface area contributed by atoms with Gasteiger partial charge in [-0.15, -0.1) is 0 Å². The van der Waals surface area contributed by atoms with Gasteiger partial charge in [0.05, 0.1) is 0 Å². The first-order valence-electron chi connectivity index (χ1n) is 3.56. The first-order valence-corrected chi connectivity index (χ1v) is 3.56. The van der Waals surface area contributed by atoms with Crippen LogP contribution >= 0.6 is 0 Å². The highest BCUT2D eigenvalue weighted by atomic mass is 19.2. The Morgan fingerprint density at radius 2 is 1.93 bits per heavy atom. The van der Waals surface area contributed by atoms with Crippen LogP contribution in [0.2, 0.25) is 0 Å². The lowest BCUT2D eigenvalue weighted by Gasteiger charge is -1.98. The van der Waals surface area contributed by atoms with Crippen molar-refractivity contribution in [3.8, 4) is 0 Å². The number of halogens is 3. The quantitative estimate of drug-likeness (QED) is 0.589. The Morgan fingerprint density at radius 1 is 1.29 bits per heavy atom. The van der Waals surface area contributed by atoms with E-state index in [1.54, 1.807) is 0 Å². The number of carboxylic acids is 1. The molecule has 0 radical (unpaired) electrons. The normalized spacial score (nSPS) is 10.8. The second-order valence-corrected chi connectivity index (χ2v) is 2.46. The van der Waals surface area contributed by atoms with Gasteiger partial charge in [0, 0.05) is 17.7 Å². The molecule has 1 aromatic carbocycles. The van der Waals surface area contributed by atoms with Gasteiger partial charge in [-0.1, -0.05) is 0 Å². The van der Waals surface area contributed by atoms with Crippen LogP contribution in [0.4, 0.5) is 13.2 Å². The molecule has 0 saturated heterocycles. The maximum absolute atomic E-state index is 12.8. The van der Waals surface area contributed by atoms with Gasteiger partial charge in [0.2, 0.25) is 0 Å². The second kappa shape index (κ2) is 3.95. The molecule has 0 atom stereocenters. The third-order valence-electron chi connectivity index (χ3n) is 1.43. The van der Waals surface area contributed by atoms with Crippen LogP contribution in [0.25, 0.3) is 6.08 Å². The van der Waals surface area contributed by atoms with E-state index in [1.807, 2.05) is 0 Å². The van der Waals surface area contributed by atoms with E-state index in [-0.39, 0.29) is 0 Å². The molecule has 0 bridgehead atoms. The van der Waals surface area contributed by atoms with Crippen molar-refractivity contribution in [2.45, 2.75) is 0 Å². The lowest BCUT2D eigenvalue weighted by atomic mass is 10.2. The molecule has 1 N–H and O–H groups in total. The molecule has 0 aliphatic carbocycles. The van der Waals surface area contributed by atoms with Gasteiger partial charge < -0.3 is 5.11 Å². The smallest absolute Gasteiger partial charge is 0.328 e. The van der Waals surface area contributed by atoms with Gasteiger partial charge in [-0.25, -0.2) is 18.0 Å². The van der Waals surface area contributed by atoms with Crippen molar-refractivity contribution < 1.29 is 23.1 Å². The van der Waals surface area contributed by atoms with Gasteiger partial charge in [0.15, 0.2) is 11.6 Å². The molecule has 74 valence electrons. The fraction of sp³-hybridized carbons (Fsp3) is 0. The SMILES string of the molecule is O=C(O)C=Cc1cc(F)cc(F)c1F. The van der Waals surface area contributed by atoms with Crippen molar-refractivity contribution in [3.63, 3.8) is 0 Å². The number of benzene rings is 1. The molecule has 0 amide bonds. The number of carbonyl (C=O) groups is 1. The third kappa shape index (κ3) is 2.35. The van der Waals surface area contributed by atoms with Gasteiger partial charge in [-0.05, 0) is 12.1 Å². The highest BCUT2D eigenvalue weighted by Crippen LogP contribution is 2.15. The number of rotatable bonds is 2. The summed E-state index contributed by atoms with van der Waals surface area (Å²) < 4.78 is 38.0. The van der Waals surface area contributed by atoms with Crippen molar-refractivity contribution in [1.29, 1.82) is 0 Å². The average molecular weight is 202 g/mol. The van der Waals surface area contributed by atoms with Crippen molar-refractivity contribution in [1.82, 2.24) is 0 Å². The van der Waals surface area contributed by atoms with Gasteiger partial charge in [-0.2, -0.15) is 0 Å². The Hall–Kier alpha value is -1.78. The molecule has 0 saturated carbocycles. The molecule has 0 aliphatic heterocycles. The summed E-state index contributed by atoms with van der Waals surface area (Å²) in [4.78, 5) is 10.1. The molecule has 14 heavy (non-hydrogen) atoms. The summed E-state index contributed by atoms with van der Waals surface area (Å²) in [6.45, 7) is 0. The lowest BCUT2D eigenvalue weighted by Crippen LogP contribution is -1.92. The van der Waals surface area contributed by atoms with Crippen molar-refractivity contribution in [3.05, 3.63) is 41.2 Å². The largest absolute Gasteiger partial charge is 0.478 e. The first kappa shape index (κ1) is 10.3. The second-order valence-electron chi connectivity index (χ2n) is 2.46. The summed E-state index contributed by atoms with van der Waals surface area (Å²) in [5.74, 6) is -4.91. The Labute approximate surface area is 77.3 Å². The zero-order valence-corrected chi connectivity index (χ0v) is 6.80. The van der Waals surface area contributed by atoms with E-state index in [9.17, 15) is 18.0 Å². The number of carboxylic acid groups (broad SMARTS) is 1. The molecule has 1 rings (SSSR count). The standard InChI is InChI=1S/C9H5F3O2/c10-6-3-5(1-2-8(13)14)9(12)7(11)4-6/h1-4H,(H,13,14). The maximum atomic E-state index is 12.8. The molecule has 0 unspecified atom stereocenters. The van der Waals surface area contributed by atoms with Crippen molar-refractivity contribution >= 4 is 12.0 Å². The summed E-state index contributed by atoms with van der Waals surface area (Å²) in [5.41, 5.74) is -0.440. The molecule has 0 aromatic heterocycles. The molecule has 1 aromatic rings. The fourth-order valence-corrected chi connectivity index (χ4v) is 0.858. The van der Waals surface area contributed by atoms with Crippen LogP contribution < -0.4 is 0 Å². The van der Waals surface area contributed by atoms with Crippen LogP contribution in [0.5, 0.6) is 0 Å². The Morgan fingerprint density at radius 3 is 2.50 bits per heavy atom. The van der Waals surface area contributed by atoms with E-state index < -0.39 is 29.0 Å². The summed E-state index contributed by atoms with van der Waals surface area (Å²) >= 11 is 0. The molecule has 2 nitrogen and oxygen atoms in total. The number of aliphatic carboxylic acids is 1.